The van der Waals surface area contributed by atoms with Crippen LogP contribution in [0.3, 0.4) is 0 Å². The molecule has 3 rings (SSSR count). The van der Waals surface area contributed by atoms with Crippen molar-refractivity contribution in [3.05, 3.63) is 33.7 Å². The molecule has 1 atom stereocenters. The summed E-state index contributed by atoms with van der Waals surface area (Å²) < 4.78 is 0. The maximum atomic E-state index is 12.8. The molecule has 122 valence electrons. The van der Waals surface area contributed by atoms with E-state index in [2.05, 4.69) is 20.3 Å². The van der Waals surface area contributed by atoms with Gasteiger partial charge in [0.2, 0.25) is 5.91 Å². The van der Waals surface area contributed by atoms with Gasteiger partial charge in [0.05, 0.1) is 41.3 Å². The van der Waals surface area contributed by atoms with Gasteiger partial charge in [-0.1, -0.05) is 0 Å². The fourth-order valence-corrected chi connectivity index (χ4v) is 3.94. The van der Waals surface area contributed by atoms with E-state index in [4.69, 9.17) is 0 Å². The molecule has 2 aromatic heterocycles. The molecule has 1 aliphatic heterocycles. The van der Waals surface area contributed by atoms with Crippen molar-refractivity contribution in [1.29, 1.82) is 0 Å². The predicted octanol–water partition coefficient (Wildman–Crippen LogP) is 2.50. The zero-order valence-corrected chi connectivity index (χ0v) is 14.5. The Morgan fingerprint density at radius 3 is 2.91 bits per heavy atom. The maximum absolute atomic E-state index is 12.8. The van der Waals surface area contributed by atoms with Crippen LogP contribution in [-0.2, 0) is 11.2 Å². The molecule has 0 aliphatic carbocycles. The minimum Gasteiger partial charge on any atom is -0.372 e. The molecular formula is C16H21N5OS. The number of rotatable bonds is 4. The number of aryl methyl sites for hydroxylation is 2. The van der Waals surface area contributed by atoms with Gasteiger partial charge in [-0.3, -0.25) is 9.78 Å². The Bertz CT molecular complexity index is 714. The minimum atomic E-state index is 0.0256. The zero-order chi connectivity index (χ0) is 16.4. The summed E-state index contributed by atoms with van der Waals surface area (Å²) >= 11 is 1.61. The second-order valence-electron chi connectivity index (χ2n) is 5.74. The number of carbonyl (C=O) groups excluding carboxylic acids is 1. The second-order valence-corrected chi connectivity index (χ2v) is 7.03. The topological polar surface area (TPSA) is 71.0 Å². The number of thiazole rings is 1. The average Bonchev–Trinajstić information content (AvgIpc) is 3.14. The third-order valence-electron chi connectivity index (χ3n) is 4.14. The van der Waals surface area contributed by atoms with Gasteiger partial charge < -0.3 is 10.2 Å². The summed E-state index contributed by atoms with van der Waals surface area (Å²) in [6.07, 6.45) is 5.82. The van der Waals surface area contributed by atoms with Gasteiger partial charge in [-0.25, -0.2) is 9.97 Å². The van der Waals surface area contributed by atoms with Crippen molar-refractivity contribution in [3.8, 4) is 0 Å². The molecule has 0 spiro atoms. The third-order valence-corrected chi connectivity index (χ3v) is 5.21. The van der Waals surface area contributed by atoms with Gasteiger partial charge >= 0.3 is 0 Å². The number of carbonyl (C=O) groups is 1. The van der Waals surface area contributed by atoms with Gasteiger partial charge in [-0.05, 0) is 26.7 Å². The number of nitrogens with one attached hydrogen (secondary N) is 1. The number of anilines is 1. The van der Waals surface area contributed by atoms with E-state index in [0.29, 0.717) is 6.42 Å². The molecule has 1 amide bonds. The van der Waals surface area contributed by atoms with Crippen LogP contribution in [0.1, 0.15) is 40.2 Å². The van der Waals surface area contributed by atoms with Crippen molar-refractivity contribution in [2.75, 3.05) is 18.9 Å². The van der Waals surface area contributed by atoms with Crippen LogP contribution in [0.15, 0.2) is 12.4 Å². The van der Waals surface area contributed by atoms with Crippen LogP contribution in [0.4, 0.5) is 5.82 Å². The fraction of sp³-hybridized carbons (Fsp3) is 0.500. The van der Waals surface area contributed by atoms with Crippen molar-refractivity contribution in [2.45, 2.75) is 39.2 Å². The highest BCUT2D eigenvalue weighted by Gasteiger charge is 2.31. The lowest BCUT2D eigenvalue weighted by molar-refractivity contribution is -0.131. The molecule has 23 heavy (non-hydrogen) atoms. The summed E-state index contributed by atoms with van der Waals surface area (Å²) in [6, 6.07) is 0.0256. The van der Waals surface area contributed by atoms with Crippen molar-refractivity contribution < 1.29 is 4.79 Å². The molecule has 6 nitrogen and oxygen atoms in total. The quantitative estimate of drug-likeness (QED) is 0.932. The molecule has 3 heterocycles. The number of likely N-dealkylation sites (tertiary alicyclic amines) is 1. The number of hydrogen-bond acceptors (Lipinski definition) is 6. The van der Waals surface area contributed by atoms with E-state index in [0.717, 1.165) is 46.5 Å². The maximum Gasteiger partial charge on any atom is 0.228 e. The average molecular weight is 331 g/mol. The standard InChI is InChI=1S/C16H21N5OS/c1-10-14(23-11(2)19-10)7-16(22)21-6-4-5-13(21)12-8-18-9-15(17-3)20-12/h8-9,13H,4-7H2,1-3H3,(H,17,20). The molecule has 1 N–H and O–H groups in total. The van der Waals surface area contributed by atoms with Crippen LogP contribution in [-0.4, -0.2) is 39.4 Å². The van der Waals surface area contributed by atoms with Crippen molar-refractivity contribution in [1.82, 2.24) is 19.9 Å². The number of amides is 1. The van der Waals surface area contributed by atoms with Gasteiger partial charge in [0.1, 0.15) is 5.82 Å². The highest BCUT2D eigenvalue weighted by molar-refractivity contribution is 7.11. The van der Waals surface area contributed by atoms with E-state index in [1.165, 1.54) is 0 Å². The molecule has 1 fully saturated rings. The van der Waals surface area contributed by atoms with E-state index in [-0.39, 0.29) is 11.9 Å². The van der Waals surface area contributed by atoms with E-state index in [1.54, 1.807) is 23.7 Å². The first kappa shape index (κ1) is 15.9. The molecule has 0 saturated carbocycles. The molecule has 0 aromatic carbocycles. The smallest absolute Gasteiger partial charge is 0.228 e. The summed E-state index contributed by atoms with van der Waals surface area (Å²) in [7, 11) is 1.82. The van der Waals surface area contributed by atoms with Gasteiger partial charge in [0.15, 0.2) is 0 Å². The fourth-order valence-electron chi connectivity index (χ4n) is 3.01. The summed E-state index contributed by atoms with van der Waals surface area (Å²) in [4.78, 5) is 29.0. The monoisotopic (exact) mass is 331 g/mol. The number of nitrogens with zero attached hydrogens (tertiary/aromatic N) is 4. The molecule has 1 aliphatic rings. The van der Waals surface area contributed by atoms with Crippen molar-refractivity contribution >= 4 is 23.1 Å². The largest absolute Gasteiger partial charge is 0.372 e. The lowest BCUT2D eigenvalue weighted by atomic mass is 10.1. The van der Waals surface area contributed by atoms with Gasteiger partial charge in [-0.15, -0.1) is 11.3 Å². The Labute approximate surface area is 140 Å². The first-order valence-corrected chi connectivity index (χ1v) is 8.62. The van der Waals surface area contributed by atoms with Gasteiger partial charge in [0, 0.05) is 18.5 Å². The summed E-state index contributed by atoms with van der Waals surface area (Å²) in [5, 5.41) is 4.01. The molecule has 1 unspecified atom stereocenters. The highest BCUT2D eigenvalue weighted by Crippen LogP contribution is 2.32. The summed E-state index contributed by atoms with van der Waals surface area (Å²) in [6.45, 7) is 4.73. The lowest BCUT2D eigenvalue weighted by Gasteiger charge is -2.24. The Balaban J connectivity index is 1.78. The molecule has 7 heteroatoms. The highest BCUT2D eigenvalue weighted by atomic mass is 32.1. The Hall–Kier alpha value is -2.02. The SMILES string of the molecule is CNc1cncc(C2CCCN2C(=O)Cc2sc(C)nc2C)n1. The van der Waals surface area contributed by atoms with Crippen LogP contribution >= 0.6 is 11.3 Å². The van der Waals surface area contributed by atoms with E-state index in [9.17, 15) is 4.79 Å². The number of aromatic nitrogens is 3. The first-order chi connectivity index (χ1) is 11.1. The Morgan fingerprint density at radius 1 is 1.39 bits per heavy atom. The lowest BCUT2D eigenvalue weighted by Crippen LogP contribution is -2.32. The molecular weight excluding hydrogens is 310 g/mol. The minimum absolute atomic E-state index is 0.0256. The van der Waals surface area contributed by atoms with Crippen LogP contribution in [0.25, 0.3) is 0 Å². The first-order valence-electron chi connectivity index (χ1n) is 7.80. The zero-order valence-electron chi connectivity index (χ0n) is 13.7. The molecule has 0 bridgehead atoms. The Morgan fingerprint density at radius 2 is 2.22 bits per heavy atom. The van der Waals surface area contributed by atoms with Crippen LogP contribution in [0, 0.1) is 13.8 Å². The van der Waals surface area contributed by atoms with Gasteiger partial charge in [-0.2, -0.15) is 0 Å². The summed E-state index contributed by atoms with van der Waals surface area (Å²) in [5.74, 6) is 0.881. The third kappa shape index (κ3) is 3.34. The van der Waals surface area contributed by atoms with E-state index in [1.807, 2.05) is 25.8 Å². The number of hydrogen-bond donors (Lipinski definition) is 1. The predicted molar refractivity (Wildman–Crippen MR) is 90.6 cm³/mol. The molecule has 0 radical (unpaired) electrons. The van der Waals surface area contributed by atoms with Crippen molar-refractivity contribution in [3.63, 3.8) is 0 Å². The van der Waals surface area contributed by atoms with E-state index < -0.39 is 0 Å². The van der Waals surface area contributed by atoms with Crippen LogP contribution in [0.2, 0.25) is 0 Å². The Kier molecular flexibility index (Phi) is 4.56. The second kappa shape index (κ2) is 6.62. The summed E-state index contributed by atoms with van der Waals surface area (Å²) in [5.41, 5.74) is 1.83. The van der Waals surface area contributed by atoms with Crippen LogP contribution < -0.4 is 5.32 Å². The van der Waals surface area contributed by atoms with Crippen LogP contribution in [0.5, 0.6) is 0 Å². The molecule has 1 saturated heterocycles. The van der Waals surface area contributed by atoms with E-state index >= 15 is 0 Å². The van der Waals surface area contributed by atoms with Crippen molar-refractivity contribution in [2.24, 2.45) is 0 Å². The molecule has 2 aromatic rings. The normalized spacial score (nSPS) is 17.5. The van der Waals surface area contributed by atoms with Gasteiger partial charge in [0.25, 0.3) is 0 Å².